The first kappa shape index (κ1) is 11.6. The maximum Gasteiger partial charge on any atom is 0.0491 e. The minimum atomic E-state index is 0.457. The van der Waals surface area contributed by atoms with Crippen molar-refractivity contribution in [3.8, 4) is 0 Å². The molecule has 0 atom stereocenters. The molecule has 1 aromatic heterocycles. The van der Waals surface area contributed by atoms with Crippen molar-refractivity contribution < 1.29 is 0 Å². The maximum absolute atomic E-state index is 3.79. The Morgan fingerprint density at radius 2 is 2.00 bits per heavy atom. The monoisotopic (exact) mass is 226 g/mol. The highest BCUT2D eigenvalue weighted by atomic mass is 15.0. The van der Waals surface area contributed by atoms with Gasteiger partial charge in [-0.3, -0.25) is 4.99 Å². The second kappa shape index (κ2) is 4.58. The smallest absolute Gasteiger partial charge is 0.0491 e. The van der Waals surface area contributed by atoms with E-state index < -0.39 is 0 Å². The summed E-state index contributed by atoms with van der Waals surface area (Å²) in [7, 11) is 0. The predicted molar refractivity (Wildman–Crippen MR) is 75.6 cm³/mol. The molecule has 0 unspecified atom stereocenters. The molecule has 2 rings (SSSR count). The summed E-state index contributed by atoms with van der Waals surface area (Å²) in [4.78, 5) is 3.79. The van der Waals surface area contributed by atoms with Gasteiger partial charge in [0.1, 0.15) is 0 Å². The van der Waals surface area contributed by atoms with E-state index in [9.17, 15) is 0 Å². The van der Waals surface area contributed by atoms with Gasteiger partial charge in [0.15, 0.2) is 0 Å². The van der Waals surface area contributed by atoms with Crippen LogP contribution in [0.25, 0.3) is 17.0 Å². The molecule has 17 heavy (non-hydrogen) atoms. The zero-order chi connectivity index (χ0) is 12.4. The predicted octanol–water partition coefficient (Wildman–Crippen LogP) is 4.20. The molecule has 1 aromatic carbocycles. The number of hydrogen-bond acceptors (Lipinski definition) is 1. The summed E-state index contributed by atoms with van der Waals surface area (Å²) < 4.78 is 2.36. The molecular weight excluding hydrogens is 208 g/mol. The average molecular weight is 226 g/mol. The molecule has 1 heterocycles. The van der Waals surface area contributed by atoms with Crippen LogP contribution in [0.1, 0.15) is 31.1 Å². The summed E-state index contributed by atoms with van der Waals surface area (Å²) in [6, 6.07) is 8.94. The number of nitrogens with zero attached hydrogens (tertiary/aromatic N) is 2. The Balaban J connectivity index is 2.79. The zero-order valence-corrected chi connectivity index (χ0v) is 10.6. The number of aliphatic imine (C=N–C) groups is 1. The Labute approximate surface area is 102 Å². The molecule has 0 saturated carbocycles. The quantitative estimate of drug-likeness (QED) is 0.698. The van der Waals surface area contributed by atoms with E-state index in [0.717, 1.165) is 0 Å². The van der Waals surface area contributed by atoms with Crippen LogP contribution in [-0.4, -0.2) is 11.3 Å². The third-order valence-electron chi connectivity index (χ3n) is 3.07. The summed E-state index contributed by atoms with van der Waals surface area (Å²) in [5.41, 5.74) is 3.80. The van der Waals surface area contributed by atoms with Gasteiger partial charge in [-0.25, -0.2) is 0 Å². The summed E-state index contributed by atoms with van der Waals surface area (Å²) >= 11 is 0. The zero-order valence-electron chi connectivity index (χ0n) is 10.6. The molecule has 0 aliphatic rings. The van der Waals surface area contributed by atoms with Crippen molar-refractivity contribution in [3.05, 3.63) is 41.7 Å². The van der Waals surface area contributed by atoms with Gasteiger partial charge in [-0.2, -0.15) is 0 Å². The molecule has 0 spiro atoms. The van der Waals surface area contributed by atoms with Gasteiger partial charge in [-0.1, -0.05) is 18.2 Å². The van der Waals surface area contributed by atoms with E-state index in [0.29, 0.717) is 6.04 Å². The van der Waals surface area contributed by atoms with Crippen LogP contribution >= 0.6 is 0 Å². The third-order valence-corrected chi connectivity index (χ3v) is 3.07. The molecule has 0 aliphatic heterocycles. The Morgan fingerprint density at radius 1 is 1.29 bits per heavy atom. The summed E-state index contributed by atoms with van der Waals surface area (Å²) in [6.45, 7) is 10.1. The number of fused-ring (bicyclic) bond motifs is 1. The number of para-hydroxylation sites is 1. The minimum absolute atomic E-state index is 0.457. The average Bonchev–Trinajstić information content (AvgIpc) is 2.58. The van der Waals surface area contributed by atoms with Crippen molar-refractivity contribution in [1.29, 1.82) is 0 Å². The molecular formula is C15H18N2. The van der Waals surface area contributed by atoms with Gasteiger partial charge in [0.05, 0.1) is 0 Å². The normalized spacial score (nSPS) is 11.8. The lowest BCUT2D eigenvalue weighted by molar-refractivity contribution is 0.607. The van der Waals surface area contributed by atoms with Gasteiger partial charge in [0.2, 0.25) is 0 Å². The van der Waals surface area contributed by atoms with Gasteiger partial charge >= 0.3 is 0 Å². The molecule has 2 nitrogen and oxygen atoms in total. The first-order valence-corrected chi connectivity index (χ1v) is 5.88. The minimum Gasteiger partial charge on any atom is -0.342 e. The maximum atomic E-state index is 3.79. The topological polar surface area (TPSA) is 17.3 Å². The fourth-order valence-electron chi connectivity index (χ4n) is 2.42. The molecule has 88 valence electrons. The fourth-order valence-corrected chi connectivity index (χ4v) is 2.42. The van der Waals surface area contributed by atoms with E-state index in [1.807, 2.05) is 6.08 Å². The lowest BCUT2D eigenvalue weighted by atomic mass is 10.1. The molecule has 0 N–H and O–H groups in total. The van der Waals surface area contributed by atoms with E-state index in [2.05, 4.69) is 61.3 Å². The Hall–Kier alpha value is -1.83. The highest BCUT2D eigenvalue weighted by Gasteiger charge is 2.13. The van der Waals surface area contributed by atoms with Gasteiger partial charge < -0.3 is 4.57 Å². The van der Waals surface area contributed by atoms with Crippen molar-refractivity contribution in [3.63, 3.8) is 0 Å². The summed E-state index contributed by atoms with van der Waals surface area (Å²) in [5, 5.41) is 1.28. The van der Waals surface area contributed by atoms with E-state index in [1.54, 1.807) is 6.20 Å². The molecule has 0 aliphatic carbocycles. The van der Waals surface area contributed by atoms with E-state index >= 15 is 0 Å². The van der Waals surface area contributed by atoms with Gasteiger partial charge in [-0.15, -0.1) is 0 Å². The highest BCUT2D eigenvalue weighted by molar-refractivity contribution is 5.91. The van der Waals surface area contributed by atoms with Crippen LogP contribution in [0.5, 0.6) is 0 Å². The van der Waals surface area contributed by atoms with Gasteiger partial charge in [0, 0.05) is 34.4 Å². The molecule has 2 aromatic rings. The number of aromatic nitrogens is 1. The van der Waals surface area contributed by atoms with Crippen LogP contribution in [0.4, 0.5) is 0 Å². The van der Waals surface area contributed by atoms with E-state index in [4.69, 9.17) is 0 Å². The van der Waals surface area contributed by atoms with Crippen molar-refractivity contribution in [2.75, 3.05) is 0 Å². The lowest BCUT2D eigenvalue weighted by Crippen LogP contribution is -2.02. The van der Waals surface area contributed by atoms with E-state index in [-0.39, 0.29) is 0 Å². The van der Waals surface area contributed by atoms with Crippen LogP contribution in [-0.2, 0) is 0 Å². The molecule has 0 saturated heterocycles. The summed E-state index contributed by atoms with van der Waals surface area (Å²) in [6.07, 6.45) is 3.78. The first-order chi connectivity index (χ1) is 8.16. The highest BCUT2D eigenvalue weighted by Crippen LogP contribution is 2.29. The third kappa shape index (κ3) is 1.91. The standard InChI is InChI=1S/C15H18N2/c1-11(2)17-12(3)13(9-10-16-4)14-7-5-6-8-15(14)17/h5-11H,4H2,1-3H3/b10-9-. The molecule has 0 bridgehead atoms. The Bertz CT molecular complexity index is 574. The van der Waals surface area contributed by atoms with Crippen LogP contribution in [0.2, 0.25) is 0 Å². The second-order valence-corrected chi connectivity index (χ2v) is 4.48. The fraction of sp³-hybridized carbons (Fsp3) is 0.267. The first-order valence-electron chi connectivity index (χ1n) is 5.88. The van der Waals surface area contributed by atoms with Crippen molar-refractivity contribution in [2.24, 2.45) is 4.99 Å². The number of benzene rings is 1. The largest absolute Gasteiger partial charge is 0.342 e. The van der Waals surface area contributed by atoms with E-state index in [1.165, 1.54) is 22.2 Å². The molecule has 0 fully saturated rings. The Kier molecular flexibility index (Phi) is 3.14. The van der Waals surface area contributed by atoms with Crippen LogP contribution in [0.15, 0.2) is 35.5 Å². The molecule has 2 heteroatoms. The van der Waals surface area contributed by atoms with Gasteiger partial charge in [-0.05, 0) is 39.6 Å². The van der Waals surface area contributed by atoms with Crippen molar-refractivity contribution in [1.82, 2.24) is 4.57 Å². The molecule has 0 amide bonds. The van der Waals surface area contributed by atoms with Crippen molar-refractivity contribution in [2.45, 2.75) is 26.8 Å². The molecule has 0 radical (unpaired) electrons. The van der Waals surface area contributed by atoms with Crippen LogP contribution in [0, 0.1) is 6.92 Å². The number of hydrogen-bond donors (Lipinski definition) is 0. The van der Waals surface area contributed by atoms with Crippen LogP contribution < -0.4 is 0 Å². The second-order valence-electron chi connectivity index (χ2n) is 4.48. The Morgan fingerprint density at radius 3 is 2.65 bits per heavy atom. The summed E-state index contributed by atoms with van der Waals surface area (Å²) in [5.74, 6) is 0. The van der Waals surface area contributed by atoms with Crippen molar-refractivity contribution >= 4 is 23.7 Å². The number of rotatable bonds is 3. The van der Waals surface area contributed by atoms with Gasteiger partial charge in [0.25, 0.3) is 0 Å². The lowest BCUT2D eigenvalue weighted by Gasteiger charge is -2.12. The SMILES string of the molecule is C=N/C=C\c1c(C)n(C(C)C)c2ccccc12. The van der Waals surface area contributed by atoms with Crippen LogP contribution in [0.3, 0.4) is 0 Å².